The lowest BCUT2D eigenvalue weighted by molar-refractivity contribution is -0.143. The number of carboxylic acids is 2. The molecule has 11 nitrogen and oxygen atoms in total. The van der Waals surface area contributed by atoms with Gasteiger partial charge in [0.1, 0.15) is 12.1 Å². The van der Waals surface area contributed by atoms with Gasteiger partial charge in [0.25, 0.3) is 0 Å². The van der Waals surface area contributed by atoms with Gasteiger partial charge in [0.05, 0.1) is 12.4 Å². The lowest BCUT2D eigenvalue weighted by Crippen LogP contribution is -2.55. The van der Waals surface area contributed by atoms with Gasteiger partial charge >= 0.3 is 11.9 Å². The number of hydrogen-bond donors (Lipinski definition) is 7. The highest BCUT2D eigenvalue weighted by Gasteiger charge is 2.27. The monoisotopic (exact) mass is 387 g/mol. The van der Waals surface area contributed by atoms with Crippen molar-refractivity contribution in [3.8, 4) is 0 Å². The molecule has 3 unspecified atom stereocenters. The Morgan fingerprint density at radius 1 is 1.19 bits per heavy atom. The zero-order chi connectivity index (χ0) is 19.7. The highest BCUT2D eigenvalue weighted by Crippen LogP contribution is 2.01. The van der Waals surface area contributed by atoms with Crippen LogP contribution in [-0.2, 0) is 25.6 Å². The summed E-state index contributed by atoms with van der Waals surface area (Å²) in [5.74, 6) is -4.07. The first-order valence-electron chi connectivity index (χ1n) is 7.63. The van der Waals surface area contributed by atoms with Crippen molar-refractivity contribution in [2.75, 3.05) is 5.75 Å². The number of imidazole rings is 1. The number of aliphatic carboxylic acids is 2. The van der Waals surface area contributed by atoms with Crippen LogP contribution in [0.4, 0.5) is 0 Å². The fraction of sp³-hybridized carbons (Fsp3) is 0.500. The van der Waals surface area contributed by atoms with E-state index in [0.29, 0.717) is 5.69 Å². The Labute approximate surface area is 154 Å². The van der Waals surface area contributed by atoms with E-state index in [0.717, 1.165) is 0 Å². The number of H-pyrrole nitrogens is 1. The summed E-state index contributed by atoms with van der Waals surface area (Å²) in [6.45, 7) is 0. The predicted octanol–water partition coefficient (Wildman–Crippen LogP) is -1.87. The molecule has 3 atom stereocenters. The maximum atomic E-state index is 12.2. The lowest BCUT2D eigenvalue weighted by atomic mass is 10.1. The number of nitrogens with zero attached hydrogens (tertiary/aromatic N) is 1. The molecule has 1 aromatic heterocycles. The van der Waals surface area contributed by atoms with E-state index in [1.807, 2.05) is 0 Å². The molecule has 1 heterocycles. The van der Waals surface area contributed by atoms with Gasteiger partial charge in [-0.3, -0.25) is 14.4 Å². The van der Waals surface area contributed by atoms with Crippen LogP contribution in [0.25, 0.3) is 0 Å². The third-order valence-corrected chi connectivity index (χ3v) is 3.77. The number of amides is 2. The number of nitrogens with one attached hydrogen (secondary N) is 3. The highest BCUT2D eigenvalue weighted by atomic mass is 32.1. The van der Waals surface area contributed by atoms with Gasteiger partial charge in [0, 0.05) is 30.5 Å². The number of aromatic amines is 1. The minimum atomic E-state index is -1.39. The largest absolute Gasteiger partial charge is 0.481 e. The first-order chi connectivity index (χ1) is 12.2. The summed E-state index contributed by atoms with van der Waals surface area (Å²) in [5, 5.41) is 22.3. The molecule has 26 heavy (non-hydrogen) atoms. The second-order valence-electron chi connectivity index (χ2n) is 5.46. The SMILES string of the molecule is NC(Cc1cnc[nH]1)C(=O)NC(CS)C(=O)NC(CCC(=O)O)C(=O)O. The molecule has 0 spiro atoms. The van der Waals surface area contributed by atoms with Crippen LogP contribution in [0.5, 0.6) is 0 Å². The summed E-state index contributed by atoms with van der Waals surface area (Å²) < 4.78 is 0. The molecule has 0 aliphatic heterocycles. The number of carbonyl (C=O) groups is 4. The Morgan fingerprint density at radius 3 is 2.35 bits per heavy atom. The summed E-state index contributed by atoms with van der Waals surface area (Å²) in [6, 6.07) is -3.46. The van der Waals surface area contributed by atoms with Crippen LogP contribution in [-0.4, -0.2) is 67.8 Å². The van der Waals surface area contributed by atoms with Crippen molar-refractivity contribution in [1.82, 2.24) is 20.6 Å². The van der Waals surface area contributed by atoms with Crippen LogP contribution >= 0.6 is 12.6 Å². The molecular weight excluding hydrogens is 366 g/mol. The number of carboxylic acid groups (broad SMARTS) is 2. The van der Waals surface area contributed by atoms with E-state index >= 15 is 0 Å². The molecule has 0 radical (unpaired) electrons. The molecule has 0 saturated heterocycles. The number of aromatic nitrogens is 2. The fourth-order valence-electron chi connectivity index (χ4n) is 2.00. The standard InChI is InChI=1S/C14H21N5O6S/c15-8(3-7-4-16-6-17-7)12(22)19-10(5-26)13(23)18-9(14(24)25)1-2-11(20)21/h4,6,8-10,26H,1-3,5,15H2,(H,16,17)(H,18,23)(H,19,22)(H,20,21)(H,24,25). The average molecular weight is 387 g/mol. The number of carbonyl (C=O) groups excluding carboxylic acids is 2. The Morgan fingerprint density at radius 2 is 1.85 bits per heavy atom. The quantitative estimate of drug-likeness (QED) is 0.215. The first kappa shape index (κ1) is 21.4. The van der Waals surface area contributed by atoms with Crippen LogP contribution in [0.2, 0.25) is 0 Å². The van der Waals surface area contributed by atoms with Gasteiger partial charge < -0.3 is 31.6 Å². The molecule has 12 heteroatoms. The molecule has 0 saturated carbocycles. The second-order valence-corrected chi connectivity index (χ2v) is 5.83. The lowest BCUT2D eigenvalue weighted by Gasteiger charge is -2.21. The molecule has 7 N–H and O–H groups in total. The second kappa shape index (κ2) is 10.4. The van der Waals surface area contributed by atoms with E-state index < -0.39 is 48.3 Å². The minimum absolute atomic E-state index is 0.0976. The van der Waals surface area contributed by atoms with E-state index in [9.17, 15) is 19.2 Å². The van der Waals surface area contributed by atoms with Gasteiger partial charge in [-0.1, -0.05) is 0 Å². The van der Waals surface area contributed by atoms with E-state index in [-0.39, 0.29) is 18.6 Å². The van der Waals surface area contributed by atoms with E-state index in [1.54, 1.807) is 0 Å². The zero-order valence-electron chi connectivity index (χ0n) is 13.7. The molecule has 1 rings (SSSR count). The van der Waals surface area contributed by atoms with Crippen molar-refractivity contribution in [3.05, 3.63) is 18.2 Å². The number of rotatable bonds is 11. The molecule has 0 aliphatic rings. The third kappa shape index (κ3) is 7.11. The zero-order valence-corrected chi connectivity index (χ0v) is 14.6. The summed E-state index contributed by atoms with van der Waals surface area (Å²) in [6.07, 6.45) is 2.40. The van der Waals surface area contributed by atoms with Crippen LogP contribution in [0.3, 0.4) is 0 Å². The molecular formula is C14H21N5O6S. The van der Waals surface area contributed by atoms with Crippen molar-refractivity contribution >= 4 is 36.4 Å². The topological polar surface area (TPSA) is 187 Å². The van der Waals surface area contributed by atoms with Crippen molar-refractivity contribution in [2.45, 2.75) is 37.4 Å². The van der Waals surface area contributed by atoms with Gasteiger partial charge in [0.15, 0.2) is 0 Å². The molecule has 0 aromatic carbocycles. The fourth-order valence-corrected chi connectivity index (χ4v) is 2.25. The summed E-state index contributed by atoms with van der Waals surface area (Å²) >= 11 is 3.97. The van der Waals surface area contributed by atoms with Gasteiger partial charge in [-0.25, -0.2) is 9.78 Å². The summed E-state index contributed by atoms with van der Waals surface area (Å²) in [5.41, 5.74) is 6.40. The summed E-state index contributed by atoms with van der Waals surface area (Å²) in [7, 11) is 0. The number of thiol groups is 1. The third-order valence-electron chi connectivity index (χ3n) is 3.41. The molecule has 0 fully saturated rings. The minimum Gasteiger partial charge on any atom is -0.481 e. The van der Waals surface area contributed by atoms with Crippen LogP contribution < -0.4 is 16.4 Å². The Hall–Kier alpha value is -2.60. The maximum absolute atomic E-state index is 12.2. The molecule has 144 valence electrons. The van der Waals surface area contributed by atoms with E-state index in [2.05, 4.69) is 33.2 Å². The van der Waals surface area contributed by atoms with Crippen molar-refractivity contribution in [1.29, 1.82) is 0 Å². The Bertz CT molecular complexity index is 638. The molecule has 1 aromatic rings. The van der Waals surface area contributed by atoms with E-state index in [4.69, 9.17) is 15.9 Å². The van der Waals surface area contributed by atoms with Crippen LogP contribution in [0.1, 0.15) is 18.5 Å². The number of hydrogen-bond acceptors (Lipinski definition) is 7. The van der Waals surface area contributed by atoms with E-state index in [1.165, 1.54) is 12.5 Å². The Kier molecular flexibility index (Phi) is 8.58. The maximum Gasteiger partial charge on any atom is 0.326 e. The molecule has 0 bridgehead atoms. The van der Waals surface area contributed by atoms with Crippen molar-refractivity contribution in [3.63, 3.8) is 0 Å². The van der Waals surface area contributed by atoms with Gasteiger partial charge in [-0.2, -0.15) is 12.6 Å². The van der Waals surface area contributed by atoms with Crippen LogP contribution in [0, 0.1) is 0 Å². The van der Waals surface area contributed by atoms with Gasteiger partial charge in [-0.15, -0.1) is 0 Å². The Balaban J connectivity index is 2.61. The number of nitrogens with two attached hydrogens (primary N) is 1. The van der Waals surface area contributed by atoms with Gasteiger partial charge in [0.2, 0.25) is 11.8 Å². The predicted molar refractivity (Wildman–Crippen MR) is 92.5 cm³/mol. The summed E-state index contributed by atoms with van der Waals surface area (Å²) in [4.78, 5) is 52.5. The van der Waals surface area contributed by atoms with Crippen molar-refractivity contribution in [2.24, 2.45) is 5.73 Å². The highest BCUT2D eigenvalue weighted by molar-refractivity contribution is 7.80. The normalized spacial score (nSPS) is 14.1. The van der Waals surface area contributed by atoms with Crippen molar-refractivity contribution < 1.29 is 29.4 Å². The average Bonchev–Trinajstić information content (AvgIpc) is 3.08. The molecule has 2 amide bonds. The van der Waals surface area contributed by atoms with Crippen LogP contribution in [0.15, 0.2) is 12.5 Å². The molecule has 0 aliphatic carbocycles. The smallest absolute Gasteiger partial charge is 0.326 e. The van der Waals surface area contributed by atoms with Gasteiger partial charge in [-0.05, 0) is 6.42 Å². The first-order valence-corrected chi connectivity index (χ1v) is 8.26.